The summed E-state index contributed by atoms with van der Waals surface area (Å²) in [4.78, 5) is 12.4. The Morgan fingerprint density at radius 2 is 1.78 bits per heavy atom. The molecular weight excluding hydrogens is 383 g/mol. The summed E-state index contributed by atoms with van der Waals surface area (Å²) in [6.07, 6.45) is 0.506. The van der Waals surface area contributed by atoms with Crippen molar-refractivity contribution in [3.8, 4) is 0 Å². The second kappa shape index (κ2) is 9.09. The standard InChI is InChI=1S/C21H20Cl2N2O2/c22-18-9-8-15(12-19(18)23)16(10-11-26)13-24-21(27)25-20-7-3-5-14-4-1-2-6-17(14)20/h1-9,12,16,26H,10-11,13H2,(H2,24,25,27). The minimum atomic E-state index is -0.297. The summed E-state index contributed by atoms with van der Waals surface area (Å²) in [5, 5.41) is 18.1. The van der Waals surface area contributed by atoms with E-state index in [0.29, 0.717) is 23.0 Å². The lowest BCUT2D eigenvalue weighted by Crippen LogP contribution is -2.32. The van der Waals surface area contributed by atoms with Crippen molar-refractivity contribution in [3.63, 3.8) is 0 Å². The molecule has 0 radical (unpaired) electrons. The molecular formula is C21H20Cl2N2O2. The highest BCUT2D eigenvalue weighted by Crippen LogP contribution is 2.28. The summed E-state index contributed by atoms with van der Waals surface area (Å²) in [6.45, 7) is 0.382. The van der Waals surface area contributed by atoms with E-state index in [1.807, 2.05) is 48.5 Å². The molecule has 27 heavy (non-hydrogen) atoms. The first-order chi connectivity index (χ1) is 13.1. The molecule has 0 saturated carbocycles. The number of urea groups is 1. The fraction of sp³-hybridized carbons (Fsp3) is 0.190. The van der Waals surface area contributed by atoms with Gasteiger partial charge < -0.3 is 15.7 Å². The van der Waals surface area contributed by atoms with Gasteiger partial charge in [-0.05, 0) is 35.6 Å². The molecule has 4 nitrogen and oxygen atoms in total. The Bertz CT molecular complexity index is 941. The maximum Gasteiger partial charge on any atom is 0.319 e. The average Bonchev–Trinajstić information content (AvgIpc) is 2.68. The van der Waals surface area contributed by atoms with Crippen molar-refractivity contribution in [1.82, 2.24) is 5.32 Å². The Morgan fingerprint density at radius 3 is 2.56 bits per heavy atom. The predicted molar refractivity (Wildman–Crippen MR) is 112 cm³/mol. The van der Waals surface area contributed by atoms with E-state index >= 15 is 0 Å². The van der Waals surface area contributed by atoms with Gasteiger partial charge in [0.1, 0.15) is 0 Å². The van der Waals surface area contributed by atoms with Crippen molar-refractivity contribution in [1.29, 1.82) is 0 Å². The molecule has 3 aromatic carbocycles. The largest absolute Gasteiger partial charge is 0.396 e. The van der Waals surface area contributed by atoms with Gasteiger partial charge in [-0.3, -0.25) is 0 Å². The first kappa shape index (κ1) is 19.5. The molecule has 1 unspecified atom stereocenters. The normalized spacial score (nSPS) is 12.0. The van der Waals surface area contributed by atoms with Crippen LogP contribution in [0.2, 0.25) is 10.0 Å². The number of hydrogen-bond acceptors (Lipinski definition) is 2. The molecule has 3 N–H and O–H groups in total. The second-order valence-corrected chi connectivity index (χ2v) is 7.06. The topological polar surface area (TPSA) is 61.4 Å². The summed E-state index contributed by atoms with van der Waals surface area (Å²) in [6, 6.07) is 18.7. The van der Waals surface area contributed by atoms with Gasteiger partial charge in [0, 0.05) is 24.5 Å². The lowest BCUT2D eigenvalue weighted by molar-refractivity contribution is 0.248. The third-order valence-corrected chi connectivity index (χ3v) is 5.18. The number of nitrogens with one attached hydrogen (secondary N) is 2. The van der Waals surface area contributed by atoms with Gasteiger partial charge in [0.05, 0.1) is 15.7 Å². The molecule has 2 amide bonds. The van der Waals surface area contributed by atoms with Crippen LogP contribution in [0.1, 0.15) is 17.9 Å². The fourth-order valence-electron chi connectivity index (χ4n) is 3.03. The quantitative estimate of drug-likeness (QED) is 0.514. The van der Waals surface area contributed by atoms with Gasteiger partial charge in [0.2, 0.25) is 0 Å². The van der Waals surface area contributed by atoms with Crippen LogP contribution in [-0.2, 0) is 0 Å². The number of fused-ring (bicyclic) bond motifs is 1. The summed E-state index contributed by atoms with van der Waals surface area (Å²) in [5.41, 5.74) is 1.67. The fourth-order valence-corrected chi connectivity index (χ4v) is 3.33. The molecule has 0 aliphatic heterocycles. The third kappa shape index (κ3) is 4.92. The maximum absolute atomic E-state index is 12.4. The number of amides is 2. The van der Waals surface area contributed by atoms with Crippen molar-refractivity contribution in [2.75, 3.05) is 18.5 Å². The van der Waals surface area contributed by atoms with Crippen LogP contribution < -0.4 is 10.6 Å². The molecule has 0 aromatic heterocycles. The third-order valence-electron chi connectivity index (χ3n) is 4.44. The number of carbonyl (C=O) groups is 1. The van der Waals surface area contributed by atoms with Crippen molar-refractivity contribution < 1.29 is 9.90 Å². The Hall–Kier alpha value is -2.27. The van der Waals surface area contributed by atoms with Gasteiger partial charge in [0.25, 0.3) is 0 Å². The monoisotopic (exact) mass is 402 g/mol. The minimum absolute atomic E-state index is 0.0114. The number of halogens is 2. The van der Waals surface area contributed by atoms with Gasteiger partial charge in [0.15, 0.2) is 0 Å². The molecule has 3 rings (SSSR count). The van der Waals surface area contributed by atoms with Crippen LogP contribution in [0.3, 0.4) is 0 Å². The van der Waals surface area contributed by atoms with Crippen LogP contribution >= 0.6 is 23.2 Å². The van der Waals surface area contributed by atoms with Crippen LogP contribution in [-0.4, -0.2) is 24.3 Å². The Morgan fingerprint density at radius 1 is 1.00 bits per heavy atom. The van der Waals surface area contributed by atoms with Crippen LogP contribution in [0.5, 0.6) is 0 Å². The molecule has 3 aromatic rings. The lowest BCUT2D eigenvalue weighted by Gasteiger charge is -2.18. The average molecular weight is 403 g/mol. The van der Waals surface area contributed by atoms with Crippen LogP contribution in [0.25, 0.3) is 10.8 Å². The molecule has 140 valence electrons. The number of hydrogen-bond donors (Lipinski definition) is 3. The Balaban J connectivity index is 1.68. The van der Waals surface area contributed by atoms with Crippen LogP contribution in [0, 0.1) is 0 Å². The summed E-state index contributed by atoms with van der Waals surface area (Å²) in [5.74, 6) is -0.0666. The van der Waals surface area contributed by atoms with Gasteiger partial charge in [-0.1, -0.05) is 65.7 Å². The van der Waals surface area contributed by atoms with Crippen molar-refractivity contribution >= 4 is 45.7 Å². The first-order valence-electron chi connectivity index (χ1n) is 8.67. The highest BCUT2D eigenvalue weighted by atomic mass is 35.5. The van der Waals surface area contributed by atoms with E-state index in [0.717, 1.165) is 22.0 Å². The highest BCUT2D eigenvalue weighted by molar-refractivity contribution is 6.42. The Kier molecular flexibility index (Phi) is 6.56. The van der Waals surface area contributed by atoms with Crippen LogP contribution in [0.4, 0.5) is 10.5 Å². The summed E-state index contributed by atoms with van der Waals surface area (Å²) in [7, 11) is 0. The highest BCUT2D eigenvalue weighted by Gasteiger charge is 2.14. The summed E-state index contributed by atoms with van der Waals surface area (Å²) < 4.78 is 0. The number of carbonyl (C=O) groups excluding carboxylic acids is 1. The van der Waals surface area contributed by atoms with E-state index in [4.69, 9.17) is 23.2 Å². The van der Waals surface area contributed by atoms with Gasteiger partial charge in [-0.2, -0.15) is 0 Å². The van der Waals surface area contributed by atoms with Gasteiger partial charge in [-0.15, -0.1) is 0 Å². The predicted octanol–water partition coefficient (Wildman–Crippen LogP) is 5.43. The number of rotatable bonds is 6. The smallest absolute Gasteiger partial charge is 0.319 e. The SMILES string of the molecule is O=C(NCC(CCO)c1ccc(Cl)c(Cl)c1)Nc1cccc2ccccc12. The zero-order valence-electron chi connectivity index (χ0n) is 14.6. The van der Waals surface area contributed by atoms with E-state index < -0.39 is 0 Å². The lowest BCUT2D eigenvalue weighted by atomic mass is 9.96. The number of anilines is 1. The number of aliphatic hydroxyl groups excluding tert-OH is 1. The first-order valence-corrected chi connectivity index (χ1v) is 9.42. The number of aliphatic hydroxyl groups is 1. The van der Waals surface area contributed by atoms with Crippen molar-refractivity contribution in [2.24, 2.45) is 0 Å². The molecule has 0 spiro atoms. The van der Waals surface area contributed by atoms with E-state index in [-0.39, 0.29) is 18.6 Å². The summed E-state index contributed by atoms with van der Waals surface area (Å²) >= 11 is 12.1. The molecule has 1 atom stereocenters. The molecule has 0 bridgehead atoms. The molecule has 0 fully saturated rings. The van der Waals surface area contributed by atoms with Crippen molar-refractivity contribution in [2.45, 2.75) is 12.3 Å². The van der Waals surface area contributed by atoms with E-state index in [2.05, 4.69) is 10.6 Å². The van der Waals surface area contributed by atoms with E-state index in [1.54, 1.807) is 12.1 Å². The second-order valence-electron chi connectivity index (χ2n) is 6.24. The van der Waals surface area contributed by atoms with E-state index in [9.17, 15) is 9.90 Å². The molecule has 0 heterocycles. The van der Waals surface area contributed by atoms with Crippen molar-refractivity contribution in [3.05, 3.63) is 76.3 Å². The molecule has 0 aliphatic carbocycles. The van der Waals surface area contributed by atoms with E-state index in [1.165, 1.54) is 0 Å². The molecule has 0 saturated heterocycles. The zero-order valence-corrected chi connectivity index (χ0v) is 16.1. The molecule has 0 aliphatic rings. The molecule has 6 heteroatoms. The Labute approximate surface area is 168 Å². The number of benzene rings is 3. The minimum Gasteiger partial charge on any atom is -0.396 e. The maximum atomic E-state index is 12.4. The van der Waals surface area contributed by atoms with Gasteiger partial charge >= 0.3 is 6.03 Å². The van der Waals surface area contributed by atoms with Gasteiger partial charge in [-0.25, -0.2) is 4.79 Å². The van der Waals surface area contributed by atoms with Crippen LogP contribution in [0.15, 0.2) is 60.7 Å². The zero-order chi connectivity index (χ0) is 19.2.